The van der Waals surface area contributed by atoms with E-state index in [1.54, 1.807) is 0 Å². The van der Waals surface area contributed by atoms with Gasteiger partial charge in [-0.15, -0.1) is 0 Å². The zero-order chi connectivity index (χ0) is 8.27. The van der Waals surface area contributed by atoms with Gasteiger partial charge in [0.05, 0.1) is 0 Å². The molecule has 0 saturated carbocycles. The standard InChI is InChI=1S/C6H16N2OP2/c9-4-1-6-5-7(10)2-3-8(6)11/h6,9H,1-5,10-11H2. The molecule has 1 aliphatic rings. The van der Waals surface area contributed by atoms with E-state index in [0.717, 1.165) is 26.1 Å². The topological polar surface area (TPSA) is 26.7 Å². The first kappa shape index (κ1) is 9.83. The number of hydrogen-bond donors (Lipinski definition) is 1. The van der Waals surface area contributed by atoms with Crippen LogP contribution in [0.25, 0.3) is 0 Å². The maximum absolute atomic E-state index is 8.76. The average molecular weight is 194 g/mol. The predicted octanol–water partition coefficient (Wildman–Crippen LogP) is -0.0648. The van der Waals surface area contributed by atoms with Gasteiger partial charge >= 0.3 is 0 Å². The Morgan fingerprint density at radius 3 is 2.73 bits per heavy atom. The molecule has 3 atom stereocenters. The molecule has 11 heavy (non-hydrogen) atoms. The summed E-state index contributed by atoms with van der Waals surface area (Å²) in [5.74, 6) is 0. The van der Waals surface area contributed by atoms with Crippen molar-refractivity contribution in [2.24, 2.45) is 0 Å². The molecule has 1 heterocycles. The van der Waals surface area contributed by atoms with Gasteiger partial charge in [-0.2, -0.15) is 0 Å². The SMILES string of the molecule is OCCC1CN(P)CCN1P. The Hall–Kier alpha value is 0.740. The second-order valence-electron chi connectivity index (χ2n) is 2.90. The lowest BCUT2D eigenvalue weighted by atomic mass is 10.2. The molecule has 1 N–H and O–H groups in total. The highest BCUT2D eigenvalue weighted by Gasteiger charge is 2.21. The van der Waals surface area contributed by atoms with Crippen LogP contribution in [0.3, 0.4) is 0 Å². The van der Waals surface area contributed by atoms with Crippen LogP contribution < -0.4 is 0 Å². The summed E-state index contributed by atoms with van der Waals surface area (Å²) in [4.78, 5) is 0. The van der Waals surface area contributed by atoms with Crippen molar-refractivity contribution < 1.29 is 5.11 Å². The van der Waals surface area contributed by atoms with Crippen LogP contribution in [0.4, 0.5) is 0 Å². The summed E-state index contributed by atoms with van der Waals surface area (Å²) in [7, 11) is 5.43. The van der Waals surface area contributed by atoms with E-state index in [4.69, 9.17) is 5.11 Å². The summed E-state index contributed by atoms with van der Waals surface area (Å²) in [5.41, 5.74) is 0. The molecule has 0 amide bonds. The van der Waals surface area contributed by atoms with Crippen molar-refractivity contribution >= 4 is 18.8 Å². The van der Waals surface area contributed by atoms with Crippen LogP contribution in [0.15, 0.2) is 0 Å². The Morgan fingerprint density at radius 2 is 2.09 bits per heavy atom. The fourth-order valence-electron chi connectivity index (χ4n) is 1.30. The zero-order valence-corrected chi connectivity index (χ0v) is 8.92. The lowest BCUT2D eigenvalue weighted by Crippen LogP contribution is -2.45. The van der Waals surface area contributed by atoms with Gasteiger partial charge in [-0.25, -0.2) is 0 Å². The molecule has 1 rings (SSSR count). The smallest absolute Gasteiger partial charge is 0.0446 e. The zero-order valence-electron chi connectivity index (χ0n) is 6.61. The quantitative estimate of drug-likeness (QED) is 0.623. The minimum atomic E-state index is 0.286. The van der Waals surface area contributed by atoms with E-state index >= 15 is 0 Å². The predicted molar refractivity (Wildman–Crippen MR) is 53.2 cm³/mol. The van der Waals surface area contributed by atoms with Crippen molar-refractivity contribution in [3.8, 4) is 0 Å². The second kappa shape index (κ2) is 4.69. The molecule has 0 spiro atoms. The molecule has 1 saturated heterocycles. The van der Waals surface area contributed by atoms with Crippen LogP contribution in [0.2, 0.25) is 0 Å². The Morgan fingerprint density at radius 1 is 1.36 bits per heavy atom. The molecule has 3 unspecified atom stereocenters. The van der Waals surface area contributed by atoms with Crippen LogP contribution in [-0.4, -0.2) is 46.7 Å². The van der Waals surface area contributed by atoms with E-state index in [1.807, 2.05) is 0 Å². The van der Waals surface area contributed by atoms with Crippen molar-refractivity contribution in [2.75, 3.05) is 26.2 Å². The molecule has 0 radical (unpaired) electrons. The molecule has 0 aromatic carbocycles. The monoisotopic (exact) mass is 194 g/mol. The number of piperazine rings is 1. The van der Waals surface area contributed by atoms with Crippen molar-refractivity contribution in [3.05, 3.63) is 0 Å². The maximum Gasteiger partial charge on any atom is 0.0446 e. The van der Waals surface area contributed by atoms with E-state index in [-0.39, 0.29) is 6.61 Å². The molecule has 0 aromatic heterocycles. The van der Waals surface area contributed by atoms with Crippen molar-refractivity contribution in [2.45, 2.75) is 12.5 Å². The van der Waals surface area contributed by atoms with Gasteiger partial charge < -0.3 is 5.11 Å². The Bertz CT molecular complexity index is 125. The Balaban J connectivity index is 2.34. The summed E-state index contributed by atoms with van der Waals surface area (Å²) < 4.78 is 4.46. The van der Waals surface area contributed by atoms with Gasteiger partial charge in [-0.1, -0.05) is 18.8 Å². The normalized spacial score (nSPS) is 29.2. The van der Waals surface area contributed by atoms with E-state index in [9.17, 15) is 0 Å². The summed E-state index contributed by atoms with van der Waals surface area (Å²) in [6, 6.07) is 0.497. The third-order valence-corrected chi connectivity index (χ3v) is 3.17. The maximum atomic E-state index is 8.76. The van der Waals surface area contributed by atoms with Gasteiger partial charge in [0, 0.05) is 32.3 Å². The van der Waals surface area contributed by atoms with E-state index in [2.05, 4.69) is 28.1 Å². The van der Waals surface area contributed by atoms with Crippen molar-refractivity contribution in [3.63, 3.8) is 0 Å². The molecular weight excluding hydrogens is 178 g/mol. The molecule has 3 nitrogen and oxygen atoms in total. The fourth-order valence-corrected chi connectivity index (χ4v) is 2.02. The second-order valence-corrected chi connectivity index (χ2v) is 4.29. The highest BCUT2D eigenvalue weighted by molar-refractivity contribution is 7.14. The molecule has 0 aromatic rings. The molecule has 5 heteroatoms. The van der Waals surface area contributed by atoms with Crippen LogP contribution in [0.1, 0.15) is 6.42 Å². The van der Waals surface area contributed by atoms with Crippen LogP contribution in [-0.2, 0) is 0 Å². The number of aliphatic hydroxyl groups excluding tert-OH is 1. The van der Waals surface area contributed by atoms with Crippen LogP contribution in [0.5, 0.6) is 0 Å². The first-order chi connectivity index (χ1) is 5.24. The highest BCUT2D eigenvalue weighted by atomic mass is 31.0. The molecule has 0 aliphatic carbocycles. The minimum absolute atomic E-state index is 0.286. The van der Waals surface area contributed by atoms with Crippen molar-refractivity contribution in [1.82, 2.24) is 9.34 Å². The van der Waals surface area contributed by atoms with E-state index in [1.165, 1.54) is 0 Å². The summed E-state index contributed by atoms with van der Waals surface area (Å²) in [6.07, 6.45) is 0.869. The first-order valence-electron chi connectivity index (χ1n) is 3.86. The molecule has 0 bridgehead atoms. The number of hydrogen-bond acceptors (Lipinski definition) is 3. The molecule has 1 aliphatic heterocycles. The third kappa shape index (κ3) is 2.93. The molecule has 1 fully saturated rings. The summed E-state index contributed by atoms with van der Waals surface area (Å²) >= 11 is 0. The lowest BCUT2D eigenvalue weighted by Gasteiger charge is -2.36. The van der Waals surface area contributed by atoms with Gasteiger partial charge in [0.2, 0.25) is 0 Å². The first-order valence-corrected chi connectivity index (χ1v) is 4.89. The molecule has 66 valence electrons. The lowest BCUT2D eigenvalue weighted by molar-refractivity contribution is 0.178. The Kier molecular flexibility index (Phi) is 4.19. The fraction of sp³-hybridized carbons (Fsp3) is 1.00. The summed E-state index contributed by atoms with van der Waals surface area (Å²) in [6.45, 7) is 3.48. The van der Waals surface area contributed by atoms with Gasteiger partial charge in [0.25, 0.3) is 0 Å². The van der Waals surface area contributed by atoms with Gasteiger partial charge in [0.1, 0.15) is 0 Å². The van der Waals surface area contributed by atoms with E-state index < -0.39 is 0 Å². The van der Waals surface area contributed by atoms with Gasteiger partial charge in [0.15, 0.2) is 0 Å². The largest absolute Gasteiger partial charge is 0.396 e. The van der Waals surface area contributed by atoms with E-state index in [0.29, 0.717) is 6.04 Å². The highest BCUT2D eigenvalue weighted by Crippen LogP contribution is 2.18. The number of aliphatic hydroxyl groups is 1. The number of rotatable bonds is 2. The van der Waals surface area contributed by atoms with Gasteiger partial charge in [-0.05, 0) is 6.42 Å². The van der Waals surface area contributed by atoms with Gasteiger partial charge in [-0.3, -0.25) is 9.34 Å². The average Bonchev–Trinajstić information content (AvgIpc) is 1.98. The van der Waals surface area contributed by atoms with Crippen LogP contribution in [0, 0.1) is 0 Å². The minimum Gasteiger partial charge on any atom is -0.396 e. The summed E-state index contributed by atoms with van der Waals surface area (Å²) in [5, 5.41) is 8.76. The molecular formula is C6H16N2OP2. The van der Waals surface area contributed by atoms with Crippen LogP contribution >= 0.6 is 18.8 Å². The van der Waals surface area contributed by atoms with Crippen molar-refractivity contribution in [1.29, 1.82) is 0 Å². The Labute approximate surface area is 72.6 Å². The third-order valence-electron chi connectivity index (χ3n) is 2.02. The number of nitrogens with zero attached hydrogens (tertiary/aromatic N) is 2.